The monoisotopic (exact) mass is 353 g/mol. The Morgan fingerprint density at radius 2 is 1.78 bits per heavy atom. The maximum Gasteiger partial charge on any atom is 0.263 e. The minimum atomic E-state index is -0.519. The number of nitriles is 1. The van der Waals surface area contributed by atoms with Gasteiger partial charge in [0.15, 0.2) is 0 Å². The molecule has 4 aromatic rings. The lowest BCUT2D eigenvalue weighted by atomic mass is 9.99. The minimum Gasteiger partial charge on any atom is -0.283 e. The fraction of sp³-hybridized carbons (Fsp3) is 0. The van der Waals surface area contributed by atoms with Crippen LogP contribution in [0.2, 0.25) is 0 Å². The molecule has 0 fully saturated rings. The second-order valence-corrected chi connectivity index (χ2v) is 5.73. The van der Waals surface area contributed by atoms with Gasteiger partial charge in [-0.05, 0) is 36.4 Å². The summed E-state index contributed by atoms with van der Waals surface area (Å²) in [5, 5.41) is 9.64. The highest BCUT2D eigenvalue weighted by Crippen LogP contribution is 2.26. The van der Waals surface area contributed by atoms with Crippen LogP contribution in [0.1, 0.15) is 11.0 Å². The maximum atomic E-state index is 13.5. The van der Waals surface area contributed by atoms with Crippen LogP contribution < -0.4 is 5.56 Å². The molecule has 0 radical (unpaired) electrons. The average molecular weight is 353 g/mol. The van der Waals surface area contributed by atoms with Crippen molar-refractivity contribution in [2.24, 2.45) is 0 Å². The van der Waals surface area contributed by atoms with E-state index in [1.165, 1.54) is 10.6 Å². The number of nitrogens with zero attached hydrogens (tertiary/aromatic N) is 3. The van der Waals surface area contributed by atoms with E-state index in [1.54, 1.807) is 54.9 Å². The lowest BCUT2D eigenvalue weighted by Gasteiger charge is -2.13. The van der Waals surface area contributed by atoms with Crippen molar-refractivity contribution in [3.8, 4) is 34.1 Å². The van der Waals surface area contributed by atoms with Crippen LogP contribution in [0.4, 0.5) is 0 Å². The van der Waals surface area contributed by atoms with E-state index in [1.807, 2.05) is 12.1 Å². The Hall–Kier alpha value is -3.97. The van der Waals surface area contributed by atoms with Gasteiger partial charge in [0.1, 0.15) is 0 Å². The number of hydrogen-bond acceptors (Lipinski definition) is 3. The third kappa shape index (κ3) is 3.14. The molecule has 4 rings (SSSR count). The quantitative estimate of drug-likeness (QED) is 0.547. The van der Waals surface area contributed by atoms with Gasteiger partial charge >= 0.3 is 0 Å². The predicted molar refractivity (Wildman–Crippen MR) is 105 cm³/mol. The van der Waals surface area contributed by atoms with Crippen molar-refractivity contribution < 1.29 is 5.48 Å². The average Bonchev–Trinajstić information content (AvgIpc) is 2.81. The van der Waals surface area contributed by atoms with Crippen molar-refractivity contribution in [1.82, 2.24) is 9.55 Å². The van der Waals surface area contributed by atoms with Crippen molar-refractivity contribution in [3.05, 3.63) is 107 Å². The van der Waals surface area contributed by atoms with Gasteiger partial charge in [0, 0.05) is 34.8 Å². The van der Waals surface area contributed by atoms with E-state index in [2.05, 4.69) is 4.98 Å². The van der Waals surface area contributed by atoms with Gasteiger partial charge in [0.05, 0.1) is 22.8 Å². The predicted octanol–water partition coefficient (Wildman–Crippen LogP) is 4.44. The molecule has 128 valence electrons. The van der Waals surface area contributed by atoms with E-state index in [4.69, 9.17) is 5.48 Å². The van der Waals surface area contributed by atoms with Gasteiger partial charge in [0.25, 0.3) is 5.56 Å². The molecule has 0 atom stereocenters. The Bertz CT molecular complexity index is 1390. The second kappa shape index (κ2) is 7.11. The van der Waals surface area contributed by atoms with E-state index < -0.39 is 29.7 Å². The molecule has 0 aliphatic carbocycles. The van der Waals surface area contributed by atoms with Crippen LogP contribution in [0, 0.1) is 11.3 Å². The van der Waals surface area contributed by atoms with Gasteiger partial charge in [-0.2, -0.15) is 5.26 Å². The molecule has 2 heterocycles. The topological polar surface area (TPSA) is 58.7 Å². The van der Waals surface area contributed by atoms with E-state index in [9.17, 15) is 10.1 Å². The first-order valence-electron chi connectivity index (χ1n) is 10.2. The Kier molecular flexibility index (Phi) is 3.26. The molecular formula is C23H15N3O. The van der Waals surface area contributed by atoms with E-state index in [-0.39, 0.29) is 16.7 Å². The number of benzene rings is 2. The van der Waals surface area contributed by atoms with E-state index in [0.29, 0.717) is 16.9 Å². The summed E-state index contributed by atoms with van der Waals surface area (Å²) in [7, 11) is 0. The fourth-order valence-corrected chi connectivity index (χ4v) is 2.81. The molecule has 0 unspecified atom stereocenters. The first kappa shape index (κ1) is 12.4. The van der Waals surface area contributed by atoms with E-state index in [0.717, 1.165) is 0 Å². The van der Waals surface area contributed by atoms with Crippen LogP contribution in [0.15, 0.2) is 96.0 Å². The van der Waals surface area contributed by atoms with Crippen LogP contribution in [-0.2, 0) is 0 Å². The molecule has 0 amide bonds. The maximum absolute atomic E-state index is 13.5. The van der Waals surface area contributed by atoms with Gasteiger partial charge in [-0.3, -0.25) is 14.3 Å². The van der Waals surface area contributed by atoms with Crippen molar-refractivity contribution in [3.63, 3.8) is 0 Å². The summed E-state index contributed by atoms with van der Waals surface area (Å²) >= 11 is 0. The Labute approximate surface area is 162 Å². The molecule has 2 aromatic heterocycles. The van der Waals surface area contributed by atoms with Gasteiger partial charge in [-0.1, -0.05) is 42.4 Å². The molecule has 0 spiro atoms. The largest absolute Gasteiger partial charge is 0.283 e. The van der Waals surface area contributed by atoms with Crippen molar-refractivity contribution in [2.75, 3.05) is 0 Å². The third-order valence-electron chi connectivity index (χ3n) is 4.08. The Balaban J connectivity index is 2.14. The second-order valence-electron chi connectivity index (χ2n) is 5.73. The fourth-order valence-electron chi connectivity index (χ4n) is 2.81. The zero-order valence-electron chi connectivity index (χ0n) is 18.1. The number of hydrogen-bond donors (Lipinski definition) is 0. The zero-order valence-corrected chi connectivity index (χ0v) is 14.1. The normalized spacial score (nSPS) is 12.4. The molecule has 0 aliphatic heterocycles. The Morgan fingerprint density at radius 3 is 2.52 bits per heavy atom. The highest BCUT2D eigenvalue weighted by Gasteiger charge is 2.14. The Morgan fingerprint density at radius 1 is 1.00 bits per heavy atom. The zero-order chi connectivity index (χ0) is 22.1. The molecule has 0 bridgehead atoms. The highest BCUT2D eigenvalue weighted by molar-refractivity contribution is 5.74. The first-order chi connectivity index (χ1) is 14.9. The van der Waals surface area contributed by atoms with Crippen molar-refractivity contribution >= 4 is 0 Å². The molecule has 0 aliphatic rings. The molecule has 4 nitrogen and oxygen atoms in total. The molecule has 27 heavy (non-hydrogen) atoms. The van der Waals surface area contributed by atoms with E-state index >= 15 is 0 Å². The van der Waals surface area contributed by atoms with Crippen molar-refractivity contribution in [2.45, 2.75) is 0 Å². The van der Waals surface area contributed by atoms with Crippen molar-refractivity contribution in [1.29, 1.82) is 5.26 Å². The summed E-state index contributed by atoms with van der Waals surface area (Å²) in [4.78, 5) is 17.8. The summed E-state index contributed by atoms with van der Waals surface area (Å²) < 4.78 is 33.7. The molecule has 4 heteroatoms. The van der Waals surface area contributed by atoms with Crippen LogP contribution in [0.5, 0.6) is 0 Å². The first-order valence-corrected chi connectivity index (χ1v) is 8.18. The van der Waals surface area contributed by atoms with Gasteiger partial charge in [0.2, 0.25) is 0 Å². The lowest BCUT2D eigenvalue weighted by Crippen LogP contribution is -2.20. The standard InChI is InChI=1S/C23H15N3O/c24-15-17-8-4-5-11-20(17)21-14-18(22-12-6-7-13-25-22)16-26(23(21)27)19-9-2-1-3-10-19/h1-14,16H/i4D,5D,8D,11D. The molecule has 0 N–H and O–H groups in total. The molecular weight excluding hydrogens is 334 g/mol. The smallest absolute Gasteiger partial charge is 0.263 e. The number of pyridine rings is 2. The molecule has 0 saturated heterocycles. The number of para-hydroxylation sites is 1. The van der Waals surface area contributed by atoms with Crippen LogP contribution in [-0.4, -0.2) is 9.55 Å². The van der Waals surface area contributed by atoms with Crippen LogP contribution in [0.3, 0.4) is 0 Å². The highest BCUT2D eigenvalue weighted by atomic mass is 16.1. The SMILES string of the molecule is [2H]c1c([2H])c([2H])c(-c2cc(-c3ccccn3)cn(-c3ccccc3)c2=O)c(C#N)c1[2H]. The number of aromatic nitrogens is 2. The third-order valence-corrected chi connectivity index (χ3v) is 4.08. The summed E-state index contributed by atoms with van der Waals surface area (Å²) in [5.41, 5.74) is 0.804. The number of rotatable bonds is 3. The lowest BCUT2D eigenvalue weighted by molar-refractivity contribution is 0.993. The van der Waals surface area contributed by atoms with Gasteiger partial charge in [-0.25, -0.2) is 0 Å². The van der Waals surface area contributed by atoms with Gasteiger partial charge < -0.3 is 0 Å². The van der Waals surface area contributed by atoms with Gasteiger partial charge in [-0.15, -0.1) is 0 Å². The minimum absolute atomic E-state index is 0.00411. The summed E-state index contributed by atoms with van der Waals surface area (Å²) in [6.07, 6.45) is 3.24. The molecule has 2 aromatic carbocycles. The summed E-state index contributed by atoms with van der Waals surface area (Å²) in [6, 6.07) is 15.6. The molecule has 0 saturated carbocycles. The summed E-state index contributed by atoms with van der Waals surface area (Å²) in [6.45, 7) is 0. The summed E-state index contributed by atoms with van der Waals surface area (Å²) in [5.74, 6) is 0. The van der Waals surface area contributed by atoms with Crippen LogP contribution in [0.25, 0.3) is 28.1 Å². The van der Waals surface area contributed by atoms with Crippen LogP contribution >= 0.6 is 0 Å².